The molecule has 174 valence electrons. The Bertz CT molecular complexity index is 1480. The molecule has 0 bridgehead atoms. The summed E-state index contributed by atoms with van der Waals surface area (Å²) in [4.78, 5) is 29.4. The lowest BCUT2D eigenvalue weighted by atomic mass is 10.1. The van der Waals surface area contributed by atoms with Crippen molar-refractivity contribution in [2.24, 2.45) is 0 Å². The Morgan fingerprint density at radius 2 is 1.71 bits per heavy atom. The molecule has 0 saturated carbocycles. The zero-order valence-electron chi connectivity index (χ0n) is 19.1. The number of nitrogens with one attached hydrogen (secondary N) is 1. The van der Waals surface area contributed by atoms with Crippen molar-refractivity contribution >= 4 is 22.8 Å². The van der Waals surface area contributed by atoms with E-state index in [1.807, 2.05) is 65.2 Å². The number of rotatable bonds is 7. The molecular formula is C28H23N3O4. The first-order chi connectivity index (χ1) is 17.1. The average Bonchev–Trinajstić information content (AvgIpc) is 3.53. The fourth-order valence-electron chi connectivity index (χ4n) is 3.97. The topological polar surface area (TPSA) is 86.4 Å². The molecule has 0 atom stereocenters. The molecule has 0 aliphatic carbocycles. The van der Waals surface area contributed by atoms with E-state index in [4.69, 9.17) is 9.15 Å². The van der Waals surface area contributed by atoms with Gasteiger partial charge in [-0.25, -0.2) is 9.78 Å². The molecule has 0 fully saturated rings. The molecule has 7 heteroatoms. The number of carbonyl (C=O) groups excluding carboxylic acids is 2. The molecule has 3 aromatic carbocycles. The van der Waals surface area contributed by atoms with Gasteiger partial charge in [-0.3, -0.25) is 4.79 Å². The fourth-order valence-corrected chi connectivity index (χ4v) is 3.97. The van der Waals surface area contributed by atoms with E-state index >= 15 is 0 Å². The van der Waals surface area contributed by atoms with Crippen LogP contribution in [0.3, 0.4) is 0 Å². The molecule has 2 heterocycles. The number of para-hydroxylation sites is 1. The van der Waals surface area contributed by atoms with Crippen LogP contribution in [0.4, 0.5) is 0 Å². The van der Waals surface area contributed by atoms with Gasteiger partial charge in [0.15, 0.2) is 0 Å². The maximum Gasteiger partial charge on any atom is 0.337 e. The van der Waals surface area contributed by atoms with Crippen LogP contribution in [0.15, 0.2) is 95.6 Å². The van der Waals surface area contributed by atoms with Crippen molar-refractivity contribution in [1.29, 1.82) is 0 Å². The molecule has 1 amide bonds. The van der Waals surface area contributed by atoms with E-state index in [1.165, 1.54) is 7.11 Å². The minimum atomic E-state index is -0.395. The number of fused-ring (bicyclic) bond motifs is 1. The van der Waals surface area contributed by atoms with Gasteiger partial charge in [0, 0.05) is 23.0 Å². The van der Waals surface area contributed by atoms with Gasteiger partial charge in [-0.05, 0) is 42.0 Å². The molecule has 0 aliphatic heterocycles. The van der Waals surface area contributed by atoms with Gasteiger partial charge >= 0.3 is 5.97 Å². The van der Waals surface area contributed by atoms with Crippen molar-refractivity contribution in [2.45, 2.75) is 13.1 Å². The lowest BCUT2D eigenvalue weighted by Gasteiger charge is -2.10. The van der Waals surface area contributed by atoms with Crippen LogP contribution < -0.4 is 5.32 Å². The summed E-state index contributed by atoms with van der Waals surface area (Å²) in [6.07, 6.45) is 1.63. The van der Waals surface area contributed by atoms with E-state index in [-0.39, 0.29) is 5.91 Å². The van der Waals surface area contributed by atoms with Gasteiger partial charge in [0.25, 0.3) is 5.91 Å². The lowest BCUT2D eigenvalue weighted by molar-refractivity contribution is 0.0600. The number of ether oxygens (including phenoxy) is 1. The number of amides is 1. The normalized spacial score (nSPS) is 10.9. The van der Waals surface area contributed by atoms with Crippen LogP contribution in [0, 0.1) is 0 Å². The minimum absolute atomic E-state index is 0.204. The summed E-state index contributed by atoms with van der Waals surface area (Å²) in [5.41, 5.74) is 4.42. The second-order valence-corrected chi connectivity index (χ2v) is 8.06. The Labute approximate surface area is 202 Å². The molecule has 0 radical (unpaired) electrons. The number of carbonyl (C=O) groups is 2. The standard InChI is InChI=1S/C28H23N3O4/c1-34-28(33)21-13-11-19(12-14-21)16-29-26(32)25-15-22-9-5-6-10-24(22)31(25)17-23-18-35-27(30-23)20-7-3-2-4-8-20/h2-15,18H,16-17H2,1H3,(H,29,32). The maximum atomic E-state index is 13.2. The Kier molecular flexibility index (Phi) is 6.13. The fraction of sp³-hybridized carbons (Fsp3) is 0.107. The predicted molar refractivity (Wildman–Crippen MR) is 132 cm³/mol. The van der Waals surface area contributed by atoms with Crippen molar-refractivity contribution in [3.05, 3.63) is 114 Å². The van der Waals surface area contributed by atoms with Crippen molar-refractivity contribution in [1.82, 2.24) is 14.9 Å². The van der Waals surface area contributed by atoms with Crippen molar-refractivity contribution < 1.29 is 18.7 Å². The van der Waals surface area contributed by atoms with Gasteiger partial charge in [0.1, 0.15) is 12.0 Å². The molecule has 0 aliphatic rings. The van der Waals surface area contributed by atoms with Crippen molar-refractivity contribution in [3.63, 3.8) is 0 Å². The zero-order valence-corrected chi connectivity index (χ0v) is 19.1. The number of benzene rings is 3. The molecule has 5 aromatic rings. The van der Waals surface area contributed by atoms with Crippen LogP contribution in [0.1, 0.15) is 32.1 Å². The molecule has 2 aromatic heterocycles. The van der Waals surface area contributed by atoms with Crippen molar-refractivity contribution in [3.8, 4) is 11.5 Å². The summed E-state index contributed by atoms with van der Waals surface area (Å²) >= 11 is 0. The summed E-state index contributed by atoms with van der Waals surface area (Å²) < 4.78 is 12.4. The van der Waals surface area contributed by atoms with Gasteiger partial charge in [-0.15, -0.1) is 0 Å². The minimum Gasteiger partial charge on any atom is -0.465 e. The average molecular weight is 466 g/mol. The van der Waals surface area contributed by atoms with Gasteiger partial charge in [-0.2, -0.15) is 0 Å². The number of hydrogen-bond donors (Lipinski definition) is 1. The van der Waals surface area contributed by atoms with E-state index < -0.39 is 5.97 Å². The Hall–Kier alpha value is -4.65. The summed E-state index contributed by atoms with van der Waals surface area (Å²) in [5.74, 6) is -0.0585. The SMILES string of the molecule is COC(=O)c1ccc(CNC(=O)c2cc3ccccc3n2Cc2coc(-c3ccccc3)n2)cc1. The third-order valence-corrected chi connectivity index (χ3v) is 5.76. The van der Waals surface area contributed by atoms with Gasteiger partial charge in [-0.1, -0.05) is 48.5 Å². The van der Waals surface area contributed by atoms with E-state index in [0.29, 0.717) is 30.2 Å². The Morgan fingerprint density at radius 1 is 0.971 bits per heavy atom. The molecule has 1 N–H and O–H groups in total. The molecule has 0 unspecified atom stereocenters. The third-order valence-electron chi connectivity index (χ3n) is 5.76. The van der Waals surface area contributed by atoms with Crippen LogP contribution in [0.25, 0.3) is 22.4 Å². The van der Waals surface area contributed by atoms with Gasteiger partial charge in [0.2, 0.25) is 5.89 Å². The number of hydrogen-bond acceptors (Lipinski definition) is 5. The highest BCUT2D eigenvalue weighted by Crippen LogP contribution is 2.23. The zero-order chi connectivity index (χ0) is 24.2. The van der Waals surface area contributed by atoms with Gasteiger partial charge < -0.3 is 19.0 Å². The van der Waals surface area contributed by atoms with Gasteiger partial charge in [0.05, 0.1) is 24.9 Å². The first-order valence-corrected chi connectivity index (χ1v) is 11.2. The maximum absolute atomic E-state index is 13.2. The summed E-state index contributed by atoms with van der Waals surface area (Å²) in [6, 6.07) is 26.4. The lowest BCUT2D eigenvalue weighted by Crippen LogP contribution is -2.25. The Morgan fingerprint density at radius 3 is 2.49 bits per heavy atom. The molecule has 0 saturated heterocycles. The quantitative estimate of drug-likeness (QED) is 0.340. The van der Waals surface area contributed by atoms with E-state index in [1.54, 1.807) is 30.5 Å². The molecule has 5 rings (SSSR count). The third kappa shape index (κ3) is 4.70. The smallest absolute Gasteiger partial charge is 0.337 e. The number of nitrogens with zero attached hydrogens (tertiary/aromatic N) is 2. The second kappa shape index (κ2) is 9.69. The van der Waals surface area contributed by atoms with Crippen LogP contribution in [-0.2, 0) is 17.8 Å². The highest BCUT2D eigenvalue weighted by Gasteiger charge is 2.17. The largest absolute Gasteiger partial charge is 0.465 e. The van der Waals surface area contributed by atoms with Crippen LogP contribution >= 0.6 is 0 Å². The van der Waals surface area contributed by atoms with Crippen LogP contribution in [0.2, 0.25) is 0 Å². The van der Waals surface area contributed by atoms with E-state index in [0.717, 1.165) is 27.7 Å². The Balaban J connectivity index is 1.37. The first kappa shape index (κ1) is 22.2. The second-order valence-electron chi connectivity index (χ2n) is 8.06. The predicted octanol–water partition coefficient (Wildman–Crippen LogP) is 5.06. The number of aromatic nitrogens is 2. The van der Waals surface area contributed by atoms with Crippen molar-refractivity contribution in [2.75, 3.05) is 7.11 Å². The monoisotopic (exact) mass is 465 g/mol. The summed E-state index contributed by atoms with van der Waals surface area (Å²) in [5, 5.41) is 3.94. The molecule has 7 nitrogen and oxygen atoms in total. The molecule has 0 spiro atoms. The molecular weight excluding hydrogens is 442 g/mol. The number of methoxy groups -OCH3 is 1. The van der Waals surface area contributed by atoms with Crippen LogP contribution in [0.5, 0.6) is 0 Å². The molecule has 35 heavy (non-hydrogen) atoms. The number of esters is 1. The number of oxazole rings is 1. The first-order valence-electron chi connectivity index (χ1n) is 11.2. The van der Waals surface area contributed by atoms with E-state index in [9.17, 15) is 9.59 Å². The summed E-state index contributed by atoms with van der Waals surface area (Å²) in [7, 11) is 1.34. The highest BCUT2D eigenvalue weighted by atomic mass is 16.5. The highest BCUT2D eigenvalue weighted by molar-refractivity contribution is 5.98. The summed E-state index contributed by atoms with van der Waals surface area (Å²) in [6.45, 7) is 0.713. The van der Waals surface area contributed by atoms with E-state index in [2.05, 4.69) is 10.3 Å². The van der Waals surface area contributed by atoms with Crippen LogP contribution in [-0.4, -0.2) is 28.5 Å².